The van der Waals surface area contributed by atoms with Crippen LogP contribution in [-0.2, 0) is 0 Å². The van der Waals surface area contributed by atoms with Gasteiger partial charge in [0.15, 0.2) is 5.65 Å². The monoisotopic (exact) mass is 163 g/mol. The second-order valence-corrected chi connectivity index (χ2v) is 2.53. The summed E-state index contributed by atoms with van der Waals surface area (Å²) < 4.78 is 6.75. The van der Waals surface area contributed by atoms with Crippen LogP contribution < -0.4 is 4.74 Å². The second kappa shape index (κ2) is 2.48. The summed E-state index contributed by atoms with van der Waals surface area (Å²) in [5.74, 6) is 1.55. The Labute approximate surface area is 69.8 Å². The number of hydrogen-bond acceptors (Lipinski definition) is 3. The Bertz CT molecular complexity index is 408. The maximum atomic E-state index is 5.04. The van der Waals surface area contributed by atoms with E-state index in [1.807, 2.05) is 19.1 Å². The van der Waals surface area contributed by atoms with Crippen LogP contribution in [0.3, 0.4) is 0 Å². The van der Waals surface area contributed by atoms with Gasteiger partial charge >= 0.3 is 0 Å². The van der Waals surface area contributed by atoms with Crippen molar-refractivity contribution in [2.75, 3.05) is 7.11 Å². The van der Waals surface area contributed by atoms with E-state index < -0.39 is 0 Å². The zero-order valence-corrected chi connectivity index (χ0v) is 6.98. The molecule has 0 spiro atoms. The van der Waals surface area contributed by atoms with Crippen molar-refractivity contribution in [2.24, 2.45) is 0 Å². The average molecular weight is 163 g/mol. The highest BCUT2D eigenvalue weighted by Crippen LogP contribution is 2.10. The lowest BCUT2D eigenvalue weighted by Crippen LogP contribution is -1.89. The number of ether oxygens (including phenoxy) is 1. The summed E-state index contributed by atoms with van der Waals surface area (Å²) in [5.41, 5.74) is 0.841. The lowest BCUT2D eigenvalue weighted by atomic mass is 10.4. The van der Waals surface area contributed by atoms with Crippen LogP contribution in [0.1, 0.15) is 5.82 Å². The van der Waals surface area contributed by atoms with E-state index in [0.29, 0.717) is 0 Å². The van der Waals surface area contributed by atoms with Crippen LogP contribution in [0.25, 0.3) is 5.65 Å². The minimum Gasteiger partial charge on any atom is -0.495 e. The SMILES string of the molecule is COc1ccc2nc(C)nn2c1. The summed E-state index contributed by atoms with van der Waals surface area (Å²) in [5, 5.41) is 4.15. The molecule has 0 atom stereocenters. The van der Waals surface area contributed by atoms with Gasteiger partial charge < -0.3 is 4.74 Å². The van der Waals surface area contributed by atoms with Crippen LogP contribution in [-0.4, -0.2) is 21.7 Å². The molecule has 2 aromatic heterocycles. The lowest BCUT2D eigenvalue weighted by Gasteiger charge is -1.97. The van der Waals surface area contributed by atoms with Crippen molar-refractivity contribution in [1.29, 1.82) is 0 Å². The number of nitrogens with zero attached hydrogens (tertiary/aromatic N) is 3. The van der Waals surface area contributed by atoms with Crippen molar-refractivity contribution in [3.63, 3.8) is 0 Å². The molecule has 0 aliphatic carbocycles. The normalized spacial score (nSPS) is 10.5. The molecule has 12 heavy (non-hydrogen) atoms. The van der Waals surface area contributed by atoms with Gasteiger partial charge in [0.25, 0.3) is 0 Å². The van der Waals surface area contributed by atoms with Crippen LogP contribution in [0.15, 0.2) is 18.3 Å². The van der Waals surface area contributed by atoms with Gasteiger partial charge in [-0.15, -0.1) is 0 Å². The Hall–Kier alpha value is -1.58. The van der Waals surface area contributed by atoms with E-state index in [0.717, 1.165) is 17.2 Å². The van der Waals surface area contributed by atoms with Gasteiger partial charge in [-0.3, -0.25) is 0 Å². The second-order valence-electron chi connectivity index (χ2n) is 2.53. The highest BCUT2D eigenvalue weighted by molar-refractivity contribution is 5.40. The van der Waals surface area contributed by atoms with E-state index in [1.54, 1.807) is 17.8 Å². The molecule has 62 valence electrons. The molecule has 0 aliphatic rings. The molecular weight excluding hydrogens is 154 g/mol. The van der Waals surface area contributed by atoms with Crippen molar-refractivity contribution >= 4 is 5.65 Å². The molecule has 0 unspecified atom stereocenters. The molecule has 0 aliphatic heterocycles. The molecule has 2 heterocycles. The molecule has 0 N–H and O–H groups in total. The van der Waals surface area contributed by atoms with Crippen LogP contribution in [0.4, 0.5) is 0 Å². The number of fused-ring (bicyclic) bond motifs is 1. The maximum Gasteiger partial charge on any atom is 0.155 e. The van der Waals surface area contributed by atoms with Crippen molar-refractivity contribution in [1.82, 2.24) is 14.6 Å². The van der Waals surface area contributed by atoms with E-state index in [4.69, 9.17) is 4.74 Å². The van der Waals surface area contributed by atoms with Crippen molar-refractivity contribution in [2.45, 2.75) is 6.92 Å². The van der Waals surface area contributed by atoms with Crippen molar-refractivity contribution in [3.05, 3.63) is 24.2 Å². The first-order valence-electron chi connectivity index (χ1n) is 3.66. The fourth-order valence-corrected chi connectivity index (χ4v) is 1.10. The largest absolute Gasteiger partial charge is 0.495 e. The van der Waals surface area contributed by atoms with Crippen LogP contribution in [0.5, 0.6) is 5.75 Å². The summed E-state index contributed by atoms with van der Waals surface area (Å²) in [4.78, 5) is 4.18. The Kier molecular flexibility index (Phi) is 1.46. The first kappa shape index (κ1) is 7.09. The number of methoxy groups -OCH3 is 1. The van der Waals surface area contributed by atoms with Crippen molar-refractivity contribution < 1.29 is 4.74 Å². The van der Waals surface area contributed by atoms with Gasteiger partial charge in [-0.1, -0.05) is 0 Å². The maximum absolute atomic E-state index is 5.04. The molecule has 0 radical (unpaired) electrons. The van der Waals surface area contributed by atoms with Crippen molar-refractivity contribution in [3.8, 4) is 5.75 Å². The Morgan fingerprint density at radius 2 is 2.25 bits per heavy atom. The molecule has 0 fully saturated rings. The summed E-state index contributed by atoms with van der Waals surface area (Å²) in [6, 6.07) is 3.74. The topological polar surface area (TPSA) is 39.4 Å². The van der Waals surface area contributed by atoms with E-state index in [2.05, 4.69) is 10.1 Å². The minimum atomic E-state index is 0.767. The standard InChI is InChI=1S/C8H9N3O/c1-6-9-8-4-3-7(12-2)5-11(8)10-6/h3-5H,1-2H3. The molecular formula is C8H9N3O. The molecule has 0 amide bonds. The summed E-state index contributed by atoms with van der Waals surface area (Å²) in [6.45, 7) is 1.86. The van der Waals surface area contributed by atoms with E-state index in [1.165, 1.54) is 0 Å². The number of aryl methyl sites for hydroxylation is 1. The zero-order valence-electron chi connectivity index (χ0n) is 6.98. The molecule has 0 saturated carbocycles. The lowest BCUT2D eigenvalue weighted by molar-refractivity contribution is 0.411. The third-order valence-electron chi connectivity index (χ3n) is 1.65. The molecule has 0 bridgehead atoms. The molecule has 0 aromatic carbocycles. The van der Waals surface area contributed by atoms with Crippen LogP contribution >= 0.6 is 0 Å². The van der Waals surface area contributed by atoms with Gasteiger partial charge in [0.05, 0.1) is 13.3 Å². The quantitative estimate of drug-likeness (QED) is 0.630. The van der Waals surface area contributed by atoms with Crippen LogP contribution in [0, 0.1) is 6.92 Å². The predicted molar refractivity (Wildman–Crippen MR) is 44.3 cm³/mol. The van der Waals surface area contributed by atoms with E-state index in [-0.39, 0.29) is 0 Å². The van der Waals surface area contributed by atoms with Gasteiger partial charge in [-0.2, -0.15) is 5.10 Å². The predicted octanol–water partition coefficient (Wildman–Crippen LogP) is 1.05. The highest BCUT2D eigenvalue weighted by atomic mass is 16.5. The smallest absolute Gasteiger partial charge is 0.155 e. The zero-order chi connectivity index (χ0) is 8.55. The van der Waals surface area contributed by atoms with Gasteiger partial charge in [-0.25, -0.2) is 9.50 Å². The van der Waals surface area contributed by atoms with Gasteiger partial charge in [0.1, 0.15) is 11.6 Å². The third kappa shape index (κ3) is 1.01. The third-order valence-corrected chi connectivity index (χ3v) is 1.65. The van der Waals surface area contributed by atoms with E-state index >= 15 is 0 Å². The minimum absolute atomic E-state index is 0.767. The molecule has 0 saturated heterocycles. The number of hydrogen-bond donors (Lipinski definition) is 0. The molecule has 2 rings (SSSR count). The summed E-state index contributed by atoms with van der Waals surface area (Å²) >= 11 is 0. The first-order valence-corrected chi connectivity index (χ1v) is 3.66. The fraction of sp³-hybridized carbons (Fsp3) is 0.250. The molecule has 2 aromatic rings. The number of pyridine rings is 1. The Morgan fingerprint density at radius 1 is 1.42 bits per heavy atom. The summed E-state index contributed by atoms with van der Waals surface area (Å²) in [6.07, 6.45) is 1.80. The number of aromatic nitrogens is 3. The highest BCUT2D eigenvalue weighted by Gasteiger charge is 1.99. The average Bonchev–Trinajstić information content (AvgIpc) is 2.43. The van der Waals surface area contributed by atoms with Gasteiger partial charge in [-0.05, 0) is 19.1 Å². The fourth-order valence-electron chi connectivity index (χ4n) is 1.10. The van der Waals surface area contributed by atoms with Gasteiger partial charge in [0.2, 0.25) is 0 Å². The number of rotatable bonds is 1. The summed E-state index contributed by atoms with van der Waals surface area (Å²) in [7, 11) is 1.63. The van der Waals surface area contributed by atoms with E-state index in [9.17, 15) is 0 Å². The van der Waals surface area contributed by atoms with Crippen LogP contribution in [0.2, 0.25) is 0 Å². The Morgan fingerprint density at radius 3 is 3.00 bits per heavy atom. The first-order chi connectivity index (χ1) is 5.79. The molecule has 4 heteroatoms. The Balaban J connectivity index is 2.66. The molecule has 4 nitrogen and oxygen atoms in total. The van der Waals surface area contributed by atoms with Gasteiger partial charge in [0, 0.05) is 0 Å².